The number of rotatable bonds is 2. The first-order chi connectivity index (χ1) is 9.78. The molecule has 0 spiro atoms. The number of benzene rings is 1. The Labute approximate surface area is 126 Å². The fraction of sp³-hybridized carbons (Fsp3) is 0.267. The number of nitrogens with zero attached hydrogens (tertiary/aromatic N) is 2. The summed E-state index contributed by atoms with van der Waals surface area (Å²) in [4.78, 5) is 8.19. The zero-order chi connectivity index (χ0) is 13.7. The van der Waals surface area contributed by atoms with Crippen molar-refractivity contribution < 1.29 is 4.42 Å². The van der Waals surface area contributed by atoms with Crippen molar-refractivity contribution in [2.75, 3.05) is 13.1 Å². The standard InChI is InChI=1S/C15H13ClN2OS/c1-2-12-13(18-5-4-17-15(18)20-12)11-8-10(16)7-9-3-6-19-14(9)11/h3,6-8H,2,4-5H2,1H3. The summed E-state index contributed by atoms with van der Waals surface area (Å²) in [6, 6.07) is 5.90. The summed E-state index contributed by atoms with van der Waals surface area (Å²) < 4.78 is 5.69. The van der Waals surface area contributed by atoms with Gasteiger partial charge in [-0.15, -0.1) is 0 Å². The predicted molar refractivity (Wildman–Crippen MR) is 85.0 cm³/mol. The highest BCUT2D eigenvalue weighted by Gasteiger charge is 2.33. The summed E-state index contributed by atoms with van der Waals surface area (Å²) in [5, 5.41) is 2.90. The minimum Gasteiger partial charge on any atom is -0.464 e. The maximum atomic E-state index is 6.27. The molecule has 0 radical (unpaired) electrons. The highest BCUT2D eigenvalue weighted by molar-refractivity contribution is 8.17. The Bertz CT molecular complexity index is 762. The van der Waals surface area contributed by atoms with Crippen LogP contribution in [-0.4, -0.2) is 23.2 Å². The van der Waals surface area contributed by atoms with E-state index < -0.39 is 0 Å². The van der Waals surface area contributed by atoms with Crippen molar-refractivity contribution in [1.82, 2.24) is 4.90 Å². The van der Waals surface area contributed by atoms with Gasteiger partial charge >= 0.3 is 0 Å². The minimum absolute atomic E-state index is 0.742. The van der Waals surface area contributed by atoms with Gasteiger partial charge in [0.25, 0.3) is 0 Å². The Kier molecular flexibility index (Phi) is 2.82. The molecule has 0 fully saturated rings. The van der Waals surface area contributed by atoms with Crippen LogP contribution in [0.5, 0.6) is 0 Å². The molecule has 2 aromatic rings. The van der Waals surface area contributed by atoms with Gasteiger partial charge in [0, 0.05) is 27.4 Å². The lowest BCUT2D eigenvalue weighted by Gasteiger charge is -2.17. The molecule has 1 aromatic heterocycles. The number of hydrogen-bond donors (Lipinski definition) is 0. The number of fused-ring (bicyclic) bond motifs is 2. The average molecular weight is 305 g/mol. The number of allylic oxidation sites excluding steroid dienone is 1. The van der Waals surface area contributed by atoms with Gasteiger partial charge in [-0.05, 0) is 24.6 Å². The van der Waals surface area contributed by atoms with Crippen LogP contribution < -0.4 is 0 Å². The first-order valence-electron chi connectivity index (χ1n) is 6.68. The fourth-order valence-corrected chi connectivity index (χ4v) is 4.14. The summed E-state index contributed by atoms with van der Waals surface area (Å²) in [6.07, 6.45) is 2.71. The van der Waals surface area contributed by atoms with E-state index in [2.05, 4.69) is 16.8 Å². The molecule has 0 atom stereocenters. The second kappa shape index (κ2) is 4.57. The van der Waals surface area contributed by atoms with Crippen molar-refractivity contribution in [2.45, 2.75) is 13.3 Å². The molecule has 102 valence electrons. The van der Waals surface area contributed by atoms with E-state index in [0.29, 0.717) is 0 Å². The molecule has 20 heavy (non-hydrogen) atoms. The van der Waals surface area contributed by atoms with Crippen LogP contribution in [0.25, 0.3) is 16.7 Å². The zero-order valence-corrected chi connectivity index (χ0v) is 12.6. The molecule has 4 rings (SSSR count). The molecular weight excluding hydrogens is 292 g/mol. The maximum absolute atomic E-state index is 6.27. The Morgan fingerprint density at radius 2 is 2.35 bits per heavy atom. The van der Waals surface area contributed by atoms with E-state index in [1.54, 1.807) is 18.0 Å². The minimum atomic E-state index is 0.742. The number of halogens is 1. The van der Waals surface area contributed by atoms with Gasteiger partial charge in [-0.2, -0.15) is 0 Å². The van der Waals surface area contributed by atoms with Crippen LogP contribution in [0.3, 0.4) is 0 Å². The summed E-state index contributed by atoms with van der Waals surface area (Å²) >= 11 is 8.05. The Balaban J connectivity index is 1.97. The first-order valence-corrected chi connectivity index (χ1v) is 7.87. The number of amidine groups is 1. The molecule has 0 aliphatic carbocycles. The number of furan rings is 1. The number of hydrogen-bond acceptors (Lipinski definition) is 4. The van der Waals surface area contributed by atoms with Crippen LogP contribution in [0.4, 0.5) is 0 Å². The third-order valence-electron chi connectivity index (χ3n) is 3.64. The van der Waals surface area contributed by atoms with Gasteiger partial charge in [-0.1, -0.05) is 30.3 Å². The van der Waals surface area contributed by atoms with E-state index in [1.807, 2.05) is 18.2 Å². The van der Waals surface area contributed by atoms with Crippen molar-refractivity contribution in [3.05, 3.63) is 40.0 Å². The normalized spacial score (nSPS) is 18.1. The lowest BCUT2D eigenvalue weighted by molar-refractivity contribution is 0.608. The fourth-order valence-electron chi connectivity index (χ4n) is 2.79. The average Bonchev–Trinajstić information content (AvgIpc) is 3.11. The van der Waals surface area contributed by atoms with Crippen molar-refractivity contribution in [2.24, 2.45) is 4.99 Å². The molecule has 3 nitrogen and oxygen atoms in total. The largest absolute Gasteiger partial charge is 0.464 e. The molecule has 0 unspecified atom stereocenters. The molecular formula is C15H13ClN2OS. The van der Waals surface area contributed by atoms with Crippen LogP contribution in [0, 0.1) is 0 Å². The molecule has 5 heteroatoms. The van der Waals surface area contributed by atoms with E-state index >= 15 is 0 Å². The molecule has 0 bridgehead atoms. The molecule has 3 heterocycles. The van der Waals surface area contributed by atoms with E-state index in [1.165, 1.54) is 10.6 Å². The van der Waals surface area contributed by atoms with Gasteiger partial charge in [0.1, 0.15) is 5.58 Å². The van der Waals surface area contributed by atoms with Gasteiger partial charge in [0.2, 0.25) is 0 Å². The van der Waals surface area contributed by atoms with Gasteiger partial charge in [-0.25, -0.2) is 0 Å². The molecule has 0 saturated heterocycles. The van der Waals surface area contributed by atoms with Crippen LogP contribution in [0.15, 0.2) is 38.8 Å². The molecule has 2 aliphatic rings. The second-order valence-corrected chi connectivity index (χ2v) is 6.33. The summed E-state index contributed by atoms with van der Waals surface area (Å²) in [5.74, 6) is 0. The Morgan fingerprint density at radius 1 is 1.45 bits per heavy atom. The highest BCUT2D eigenvalue weighted by atomic mass is 35.5. The first kappa shape index (κ1) is 12.4. The van der Waals surface area contributed by atoms with E-state index in [0.717, 1.165) is 46.2 Å². The Morgan fingerprint density at radius 3 is 3.20 bits per heavy atom. The predicted octanol–water partition coefficient (Wildman–Crippen LogP) is 4.58. The third-order valence-corrected chi connectivity index (χ3v) is 5.12. The van der Waals surface area contributed by atoms with E-state index in [-0.39, 0.29) is 0 Å². The smallest absolute Gasteiger partial charge is 0.168 e. The number of thioether (sulfide) groups is 1. The molecule has 1 aromatic carbocycles. The van der Waals surface area contributed by atoms with Crippen molar-refractivity contribution in [1.29, 1.82) is 0 Å². The SMILES string of the molecule is CCC1=C(c2cc(Cl)cc3ccoc23)N2CCN=C2S1. The van der Waals surface area contributed by atoms with E-state index in [9.17, 15) is 0 Å². The van der Waals surface area contributed by atoms with E-state index in [4.69, 9.17) is 16.0 Å². The van der Waals surface area contributed by atoms with Crippen LogP contribution >= 0.6 is 23.4 Å². The van der Waals surface area contributed by atoms with Gasteiger partial charge in [0.05, 0.1) is 18.5 Å². The van der Waals surface area contributed by atoms with Crippen molar-refractivity contribution in [3.8, 4) is 0 Å². The van der Waals surface area contributed by atoms with Gasteiger partial charge in [0.15, 0.2) is 5.17 Å². The number of aliphatic imine (C=N–C) groups is 1. The van der Waals surface area contributed by atoms with Crippen LogP contribution in [0.2, 0.25) is 5.02 Å². The Hall–Kier alpha value is -1.39. The lowest BCUT2D eigenvalue weighted by atomic mass is 10.1. The van der Waals surface area contributed by atoms with Crippen molar-refractivity contribution in [3.63, 3.8) is 0 Å². The summed E-state index contributed by atoms with van der Waals surface area (Å²) in [6.45, 7) is 3.98. The van der Waals surface area contributed by atoms with Crippen LogP contribution in [0.1, 0.15) is 18.9 Å². The quantitative estimate of drug-likeness (QED) is 0.813. The third kappa shape index (κ3) is 1.71. The molecule has 0 amide bonds. The highest BCUT2D eigenvalue weighted by Crippen LogP contribution is 2.45. The van der Waals surface area contributed by atoms with Crippen molar-refractivity contribution >= 4 is 45.2 Å². The second-order valence-electron chi connectivity index (χ2n) is 4.84. The van der Waals surface area contributed by atoms with Gasteiger partial charge in [-0.3, -0.25) is 4.99 Å². The molecule has 2 aliphatic heterocycles. The maximum Gasteiger partial charge on any atom is 0.168 e. The molecule has 0 N–H and O–H groups in total. The summed E-state index contributed by atoms with van der Waals surface area (Å²) in [5.41, 5.74) is 3.20. The lowest BCUT2D eigenvalue weighted by Crippen LogP contribution is -2.20. The molecule has 0 saturated carbocycles. The monoisotopic (exact) mass is 304 g/mol. The topological polar surface area (TPSA) is 28.7 Å². The van der Waals surface area contributed by atoms with Crippen LogP contribution in [-0.2, 0) is 0 Å². The summed E-state index contributed by atoms with van der Waals surface area (Å²) in [7, 11) is 0. The zero-order valence-electron chi connectivity index (χ0n) is 11.0. The van der Waals surface area contributed by atoms with Gasteiger partial charge < -0.3 is 9.32 Å².